The van der Waals surface area contributed by atoms with E-state index < -0.39 is 0 Å². The number of hydrogen-bond donors (Lipinski definition) is 1. The molecule has 0 aliphatic heterocycles. The highest BCUT2D eigenvalue weighted by Gasteiger charge is 2.21. The third kappa shape index (κ3) is 2.45. The number of hydrogen-bond acceptors (Lipinski definition) is 4. The Balaban J connectivity index is 2.77. The van der Waals surface area contributed by atoms with Crippen LogP contribution in [-0.2, 0) is 11.3 Å². The number of nitrogens with one attached hydrogen (secondary N) is 1. The molecule has 5 nitrogen and oxygen atoms in total. The first-order valence-corrected chi connectivity index (χ1v) is 4.33. The SMILES string of the molecule is CC(C)(C)C(=O)Cn1[nH]nnc1=S. The lowest BCUT2D eigenvalue weighted by Gasteiger charge is -2.15. The van der Waals surface area contributed by atoms with Gasteiger partial charge in [0.25, 0.3) is 0 Å². The summed E-state index contributed by atoms with van der Waals surface area (Å²) in [6.07, 6.45) is 0. The summed E-state index contributed by atoms with van der Waals surface area (Å²) >= 11 is 4.83. The summed E-state index contributed by atoms with van der Waals surface area (Å²) in [7, 11) is 0. The number of nitrogens with zero attached hydrogens (tertiary/aromatic N) is 3. The molecule has 0 radical (unpaired) electrons. The maximum Gasteiger partial charge on any atom is 0.238 e. The summed E-state index contributed by atoms with van der Waals surface area (Å²) < 4.78 is 1.75. The van der Waals surface area contributed by atoms with Gasteiger partial charge in [0.05, 0.1) is 0 Å². The molecule has 0 atom stereocenters. The van der Waals surface area contributed by atoms with Crippen molar-refractivity contribution in [3.63, 3.8) is 0 Å². The molecule has 13 heavy (non-hydrogen) atoms. The molecular weight excluding hydrogens is 188 g/mol. The van der Waals surface area contributed by atoms with Gasteiger partial charge in [0, 0.05) is 5.41 Å². The van der Waals surface area contributed by atoms with Gasteiger partial charge >= 0.3 is 0 Å². The van der Waals surface area contributed by atoms with Crippen molar-refractivity contribution in [2.24, 2.45) is 5.41 Å². The molecule has 0 bridgehead atoms. The summed E-state index contributed by atoms with van der Waals surface area (Å²) in [6, 6.07) is 0. The molecule has 0 aliphatic rings. The minimum absolute atomic E-state index is 0.0923. The van der Waals surface area contributed by atoms with E-state index in [0.29, 0.717) is 4.77 Å². The van der Waals surface area contributed by atoms with Crippen LogP contribution in [0.5, 0.6) is 0 Å². The number of aromatic nitrogens is 4. The first kappa shape index (κ1) is 10.0. The first-order valence-electron chi connectivity index (χ1n) is 3.92. The summed E-state index contributed by atoms with van der Waals surface area (Å²) in [5.74, 6) is 0.0923. The Kier molecular flexibility index (Phi) is 2.60. The normalized spacial score (nSPS) is 11.6. The lowest BCUT2D eigenvalue weighted by atomic mass is 9.91. The zero-order valence-electron chi connectivity index (χ0n) is 7.87. The van der Waals surface area contributed by atoms with E-state index in [9.17, 15) is 4.79 Å². The van der Waals surface area contributed by atoms with Crippen molar-refractivity contribution < 1.29 is 4.79 Å². The molecule has 1 N–H and O–H groups in total. The molecule has 0 amide bonds. The van der Waals surface area contributed by atoms with Crippen molar-refractivity contribution in [1.82, 2.24) is 20.2 Å². The van der Waals surface area contributed by atoms with E-state index in [4.69, 9.17) is 12.2 Å². The van der Waals surface area contributed by atoms with E-state index in [1.807, 2.05) is 20.8 Å². The minimum Gasteiger partial charge on any atom is -0.297 e. The lowest BCUT2D eigenvalue weighted by Crippen LogP contribution is -2.25. The molecule has 0 spiro atoms. The van der Waals surface area contributed by atoms with Gasteiger partial charge in [-0.3, -0.25) is 4.79 Å². The lowest BCUT2D eigenvalue weighted by molar-refractivity contribution is -0.127. The molecule has 0 aromatic carbocycles. The average Bonchev–Trinajstić information content (AvgIpc) is 2.34. The second-order valence-electron chi connectivity index (χ2n) is 3.84. The van der Waals surface area contributed by atoms with E-state index in [1.165, 1.54) is 4.68 Å². The van der Waals surface area contributed by atoms with Crippen molar-refractivity contribution in [3.05, 3.63) is 4.77 Å². The standard InChI is InChI=1S/C7H12N4OS/c1-7(2,3)5(12)4-11-6(13)8-9-10-11/h4H2,1-3H3,(H,8,10,13). The van der Waals surface area contributed by atoms with Crippen molar-refractivity contribution in [2.75, 3.05) is 0 Å². The number of carbonyl (C=O) groups is 1. The average molecular weight is 200 g/mol. The van der Waals surface area contributed by atoms with E-state index >= 15 is 0 Å². The molecule has 0 saturated carbocycles. The summed E-state index contributed by atoms with van der Waals surface area (Å²) in [4.78, 5) is 11.5. The van der Waals surface area contributed by atoms with Gasteiger partial charge < -0.3 is 0 Å². The molecule has 1 rings (SSSR count). The number of rotatable bonds is 2. The van der Waals surface area contributed by atoms with E-state index in [-0.39, 0.29) is 17.7 Å². The fourth-order valence-electron chi connectivity index (χ4n) is 0.700. The second-order valence-corrected chi connectivity index (χ2v) is 4.21. The quantitative estimate of drug-likeness (QED) is 0.722. The van der Waals surface area contributed by atoms with Gasteiger partial charge in [-0.15, -0.1) is 0 Å². The Morgan fingerprint density at radius 2 is 2.23 bits per heavy atom. The Morgan fingerprint density at radius 3 is 2.62 bits per heavy atom. The van der Waals surface area contributed by atoms with Gasteiger partial charge in [0.15, 0.2) is 5.78 Å². The molecule has 6 heteroatoms. The number of tetrazole rings is 1. The van der Waals surface area contributed by atoms with Crippen molar-refractivity contribution >= 4 is 18.0 Å². The topological polar surface area (TPSA) is 63.6 Å². The molecule has 1 aromatic rings. The summed E-state index contributed by atoms with van der Waals surface area (Å²) in [5.41, 5.74) is -0.361. The van der Waals surface area contributed by atoms with Crippen molar-refractivity contribution in [1.29, 1.82) is 0 Å². The molecular formula is C7H12N4OS. The van der Waals surface area contributed by atoms with Crippen LogP contribution in [0.4, 0.5) is 0 Å². The molecule has 1 heterocycles. The van der Waals surface area contributed by atoms with Crippen LogP contribution in [0.25, 0.3) is 0 Å². The monoisotopic (exact) mass is 200 g/mol. The molecule has 72 valence electrons. The highest BCUT2D eigenvalue weighted by Crippen LogP contribution is 2.15. The first-order chi connectivity index (χ1) is 5.91. The van der Waals surface area contributed by atoms with Gasteiger partial charge in [-0.2, -0.15) is 5.21 Å². The highest BCUT2D eigenvalue weighted by molar-refractivity contribution is 7.71. The van der Waals surface area contributed by atoms with E-state index in [0.717, 1.165) is 0 Å². The van der Waals surface area contributed by atoms with Crippen LogP contribution >= 0.6 is 12.2 Å². The highest BCUT2D eigenvalue weighted by atomic mass is 32.1. The van der Waals surface area contributed by atoms with Crippen LogP contribution < -0.4 is 0 Å². The Morgan fingerprint density at radius 1 is 1.62 bits per heavy atom. The third-order valence-electron chi connectivity index (χ3n) is 1.67. The number of aromatic amines is 1. The molecule has 0 unspecified atom stereocenters. The maximum atomic E-state index is 11.5. The second kappa shape index (κ2) is 3.37. The van der Waals surface area contributed by atoms with Crippen LogP contribution in [0.2, 0.25) is 0 Å². The van der Waals surface area contributed by atoms with Crippen molar-refractivity contribution in [3.8, 4) is 0 Å². The molecule has 0 fully saturated rings. The van der Waals surface area contributed by atoms with Crippen LogP contribution in [-0.4, -0.2) is 26.0 Å². The van der Waals surface area contributed by atoms with Crippen LogP contribution in [0.15, 0.2) is 0 Å². The Labute approximate surface area is 81.1 Å². The fourth-order valence-corrected chi connectivity index (χ4v) is 0.846. The summed E-state index contributed by atoms with van der Waals surface area (Å²) in [5, 5.41) is 9.60. The van der Waals surface area contributed by atoms with Crippen LogP contribution in [0, 0.1) is 10.2 Å². The van der Waals surface area contributed by atoms with Crippen LogP contribution in [0.1, 0.15) is 20.8 Å². The maximum absolute atomic E-state index is 11.5. The third-order valence-corrected chi connectivity index (χ3v) is 1.97. The van der Waals surface area contributed by atoms with Gasteiger partial charge in [0.2, 0.25) is 4.77 Å². The van der Waals surface area contributed by atoms with Gasteiger partial charge in [0.1, 0.15) is 6.54 Å². The zero-order valence-corrected chi connectivity index (χ0v) is 8.68. The fraction of sp³-hybridized carbons (Fsp3) is 0.714. The summed E-state index contributed by atoms with van der Waals surface area (Å²) in [6.45, 7) is 5.80. The Hall–Kier alpha value is -1.04. The Bertz CT molecular complexity index is 359. The largest absolute Gasteiger partial charge is 0.297 e. The van der Waals surface area contributed by atoms with Crippen LogP contribution in [0.3, 0.4) is 0 Å². The van der Waals surface area contributed by atoms with Gasteiger partial charge in [-0.05, 0) is 12.2 Å². The minimum atomic E-state index is -0.361. The predicted octanol–water partition coefficient (Wildman–Crippen LogP) is 0.951. The van der Waals surface area contributed by atoms with E-state index in [2.05, 4.69) is 15.5 Å². The van der Waals surface area contributed by atoms with E-state index in [1.54, 1.807) is 0 Å². The van der Waals surface area contributed by atoms with Gasteiger partial charge in [-0.25, -0.2) is 4.68 Å². The van der Waals surface area contributed by atoms with Crippen molar-refractivity contribution in [2.45, 2.75) is 27.3 Å². The molecule has 0 aliphatic carbocycles. The molecule has 0 saturated heterocycles. The molecule has 1 aromatic heterocycles. The zero-order chi connectivity index (χ0) is 10.1. The smallest absolute Gasteiger partial charge is 0.238 e. The number of Topliss-reactive ketones (excluding diaryl/α,β-unsaturated/α-hetero) is 1. The number of ketones is 1. The number of carbonyl (C=O) groups excluding carboxylic acids is 1. The number of H-pyrrole nitrogens is 1. The predicted molar refractivity (Wildman–Crippen MR) is 49.7 cm³/mol. The van der Waals surface area contributed by atoms with Gasteiger partial charge in [-0.1, -0.05) is 31.1 Å².